The lowest BCUT2D eigenvalue weighted by Crippen LogP contribution is -2.36. The van der Waals surface area contributed by atoms with Gasteiger partial charge in [0.2, 0.25) is 0 Å². The Morgan fingerprint density at radius 1 is 1.18 bits per heavy atom. The summed E-state index contributed by atoms with van der Waals surface area (Å²) in [5, 5.41) is 13.7. The van der Waals surface area contributed by atoms with E-state index in [2.05, 4.69) is 5.32 Å². The van der Waals surface area contributed by atoms with Crippen molar-refractivity contribution in [2.75, 3.05) is 13.7 Å². The van der Waals surface area contributed by atoms with Crippen LogP contribution < -0.4 is 10.1 Å². The molecule has 2 N–H and O–H groups in total. The van der Waals surface area contributed by atoms with E-state index in [0.717, 1.165) is 11.3 Å². The number of nitrogens with one attached hydrogen (secondary N) is 1. The van der Waals surface area contributed by atoms with Crippen molar-refractivity contribution in [1.82, 2.24) is 5.32 Å². The van der Waals surface area contributed by atoms with E-state index in [1.165, 1.54) is 7.11 Å². The number of ether oxygens (including phenoxy) is 2. The number of carbonyl (C=O) groups excluding carboxylic acids is 2. The third-order valence-corrected chi connectivity index (χ3v) is 6.48. The number of phenolic OH excluding ortho intramolecular Hbond substituents is 1. The molecule has 0 amide bonds. The van der Waals surface area contributed by atoms with Crippen molar-refractivity contribution < 1.29 is 24.2 Å². The molecular formula is C26H26ClNO5. The van der Waals surface area contributed by atoms with Crippen molar-refractivity contribution in [3.63, 3.8) is 0 Å². The molecule has 2 aromatic carbocycles. The molecule has 1 heterocycles. The van der Waals surface area contributed by atoms with Gasteiger partial charge in [0, 0.05) is 29.3 Å². The van der Waals surface area contributed by atoms with Crippen molar-refractivity contribution in [1.29, 1.82) is 0 Å². The molecule has 2 atom stereocenters. The van der Waals surface area contributed by atoms with E-state index in [-0.39, 0.29) is 28.2 Å². The minimum atomic E-state index is -0.685. The zero-order valence-corrected chi connectivity index (χ0v) is 19.5. The Bertz CT molecular complexity index is 1170. The summed E-state index contributed by atoms with van der Waals surface area (Å²) in [6, 6.07) is 13.2. The number of rotatable bonds is 5. The number of ketones is 1. The monoisotopic (exact) mass is 467 g/mol. The van der Waals surface area contributed by atoms with E-state index in [4.69, 9.17) is 21.1 Å². The molecule has 0 saturated heterocycles. The fraction of sp³-hybridized carbons (Fsp3) is 0.308. The predicted molar refractivity (Wildman–Crippen MR) is 125 cm³/mol. The first kappa shape index (κ1) is 22.9. The van der Waals surface area contributed by atoms with E-state index in [9.17, 15) is 14.7 Å². The zero-order chi connectivity index (χ0) is 23.7. The van der Waals surface area contributed by atoms with Crippen LogP contribution in [0.5, 0.6) is 11.5 Å². The van der Waals surface area contributed by atoms with E-state index >= 15 is 0 Å². The summed E-state index contributed by atoms with van der Waals surface area (Å²) in [6.45, 7) is 3.92. The molecule has 2 aromatic rings. The number of dihydropyridines is 1. The molecule has 0 spiro atoms. The summed E-state index contributed by atoms with van der Waals surface area (Å²) < 4.78 is 10.6. The van der Waals surface area contributed by atoms with E-state index in [1.807, 2.05) is 30.3 Å². The van der Waals surface area contributed by atoms with Gasteiger partial charge in [-0.3, -0.25) is 4.79 Å². The Kier molecular flexibility index (Phi) is 6.47. The van der Waals surface area contributed by atoms with Crippen LogP contribution in [0.3, 0.4) is 0 Å². The highest BCUT2D eigenvalue weighted by molar-refractivity contribution is 6.32. The minimum Gasteiger partial charge on any atom is -0.503 e. The fourth-order valence-electron chi connectivity index (χ4n) is 4.74. The van der Waals surface area contributed by atoms with Crippen molar-refractivity contribution in [2.24, 2.45) is 0 Å². The van der Waals surface area contributed by atoms with Crippen molar-refractivity contribution in [3.8, 4) is 11.5 Å². The van der Waals surface area contributed by atoms with Gasteiger partial charge in [0.15, 0.2) is 17.3 Å². The maximum absolute atomic E-state index is 13.5. The van der Waals surface area contributed by atoms with Crippen LogP contribution in [0.4, 0.5) is 0 Å². The first-order valence-electron chi connectivity index (χ1n) is 10.9. The second kappa shape index (κ2) is 9.32. The maximum Gasteiger partial charge on any atom is 0.336 e. The van der Waals surface area contributed by atoms with Crippen LogP contribution in [0.1, 0.15) is 49.7 Å². The van der Waals surface area contributed by atoms with Gasteiger partial charge in [-0.2, -0.15) is 0 Å². The summed E-state index contributed by atoms with van der Waals surface area (Å²) >= 11 is 6.31. The van der Waals surface area contributed by atoms with Gasteiger partial charge in [0.05, 0.1) is 24.3 Å². The molecule has 4 rings (SSSR count). The van der Waals surface area contributed by atoms with Gasteiger partial charge in [-0.05, 0) is 49.4 Å². The minimum absolute atomic E-state index is 0.0421. The number of allylic oxidation sites excluding steroid dienone is 3. The van der Waals surface area contributed by atoms with Crippen molar-refractivity contribution in [3.05, 3.63) is 81.2 Å². The number of carbonyl (C=O) groups is 2. The first-order valence-corrected chi connectivity index (χ1v) is 11.3. The van der Waals surface area contributed by atoms with Gasteiger partial charge in [-0.15, -0.1) is 0 Å². The van der Waals surface area contributed by atoms with Gasteiger partial charge < -0.3 is 19.9 Å². The molecule has 0 unspecified atom stereocenters. The second-order valence-corrected chi connectivity index (χ2v) is 8.61. The lowest BCUT2D eigenvalue weighted by molar-refractivity contribution is -0.136. The molecule has 7 heteroatoms. The topological polar surface area (TPSA) is 84.9 Å². The molecule has 0 bridgehead atoms. The average molecular weight is 468 g/mol. The number of hydrogen-bond acceptors (Lipinski definition) is 6. The summed E-state index contributed by atoms with van der Waals surface area (Å²) in [5.74, 6) is -1.19. The van der Waals surface area contributed by atoms with Gasteiger partial charge in [-0.1, -0.05) is 41.9 Å². The van der Waals surface area contributed by atoms with Gasteiger partial charge >= 0.3 is 5.97 Å². The molecule has 1 aliphatic carbocycles. The van der Waals surface area contributed by atoms with Crippen molar-refractivity contribution >= 4 is 23.4 Å². The largest absolute Gasteiger partial charge is 0.503 e. The Morgan fingerprint density at radius 3 is 2.58 bits per heavy atom. The highest BCUT2D eigenvalue weighted by atomic mass is 35.5. The van der Waals surface area contributed by atoms with Crippen LogP contribution in [0, 0.1) is 0 Å². The van der Waals surface area contributed by atoms with E-state index < -0.39 is 11.9 Å². The van der Waals surface area contributed by atoms with E-state index in [1.54, 1.807) is 26.0 Å². The highest BCUT2D eigenvalue weighted by Gasteiger charge is 2.41. The predicted octanol–water partition coefficient (Wildman–Crippen LogP) is 4.98. The van der Waals surface area contributed by atoms with Crippen molar-refractivity contribution in [2.45, 2.75) is 38.5 Å². The molecule has 2 aliphatic rings. The van der Waals surface area contributed by atoms with Crippen LogP contribution in [0.15, 0.2) is 65.0 Å². The number of halogens is 1. The third-order valence-electron chi connectivity index (χ3n) is 6.19. The van der Waals surface area contributed by atoms with E-state index in [0.29, 0.717) is 41.9 Å². The fourth-order valence-corrected chi connectivity index (χ4v) is 4.96. The molecule has 0 saturated carbocycles. The van der Waals surface area contributed by atoms with Crippen LogP contribution in [0.25, 0.3) is 0 Å². The number of esters is 1. The standard InChI is InChI=1S/C26H26ClNO5/c1-4-33-21-13-17(10-18(27)25(21)30)23-22(26(31)32-3)14(2)28-19-11-16(12-20(29)24(19)23)15-8-6-5-7-9-15/h5-10,13,16,23,28,30H,4,11-12H2,1-3H3/t16-,23-/m1/s1. The molecule has 33 heavy (non-hydrogen) atoms. The lowest BCUT2D eigenvalue weighted by atomic mass is 9.71. The molecular weight excluding hydrogens is 442 g/mol. The van der Waals surface area contributed by atoms with Crippen LogP contribution in [0.2, 0.25) is 5.02 Å². The quantitative estimate of drug-likeness (QED) is 0.603. The Hall–Kier alpha value is -3.25. The Balaban J connectivity index is 1.86. The highest BCUT2D eigenvalue weighted by Crippen LogP contribution is 2.48. The number of aromatic hydroxyl groups is 1. The second-order valence-electron chi connectivity index (χ2n) is 8.20. The number of phenols is 1. The first-order chi connectivity index (χ1) is 15.8. The number of hydrogen-bond donors (Lipinski definition) is 2. The molecule has 1 aliphatic heterocycles. The molecule has 0 aromatic heterocycles. The Labute approximate surface area is 197 Å². The summed E-state index contributed by atoms with van der Waals surface area (Å²) in [6.07, 6.45) is 0.968. The third kappa shape index (κ3) is 4.23. The van der Waals surface area contributed by atoms with Gasteiger partial charge in [0.25, 0.3) is 0 Å². The number of methoxy groups -OCH3 is 1. The molecule has 0 radical (unpaired) electrons. The van der Waals surface area contributed by atoms with Crippen LogP contribution >= 0.6 is 11.6 Å². The summed E-state index contributed by atoms with van der Waals surface area (Å²) in [5.41, 5.74) is 3.96. The molecule has 0 fully saturated rings. The normalized spacial score (nSPS) is 20.3. The molecule has 172 valence electrons. The smallest absolute Gasteiger partial charge is 0.336 e. The summed E-state index contributed by atoms with van der Waals surface area (Å²) in [4.78, 5) is 26.4. The SMILES string of the molecule is CCOc1cc([C@@H]2C(C(=O)OC)=C(C)NC3=C2C(=O)C[C@H](c2ccccc2)C3)cc(Cl)c1O. The number of benzene rings is 2. The van der Waals surface area contributed by atoms with Crippen LogP contribution in [-0.2, 0) is 14.3 Å². The van der Waals surface area contributed by atoms with Crippen LogP contribution in [-0.4, -0.2) is 30.6 Å². The van der Waals surface area contributed by atoms with Gasteiger partial charge in [0.1, 0.15) is 0 Å². The van der Waals surface area contributed by atoms with Gasteiger partial charge in [-0.25, -0.2) is 4.79 Å². The lowest BCUT2D eigenvalue weighted by Gasteiger charge is -2.36. The summed E-state index contributed by atoms with van der Waals surface area (Å²) in [7, 11) is 1.31. The number of Topliss-reactive ketones (excluding diaryl/α,β-unsaturated/α-hetero) is 1. The molecule has 6 nitrogen and oxygen atoms in total. The Morgan fingerprint density at radius 2 is 1.91 bits per heavy atom. The average Bonchev–Trinajstić information content (AvgIpc) is 2.81. The maximum atomic E-state index is 13.5. The zero-order valence-electron chi connectivity index (χ0n) is 18.8.